The van der Waals surface area contributed by atoms with E-state index in [1.807, 2.05) is 74.0 Å². The molecule has 35 heavy (non-hydrogen) atoms. The van der Waals surface area contributed by atoms with Gasteiger partial charge < -0.3 is 10.2 Å². The van der Waals surface area contributed by atoms with Crippen LogP contribution in [0.25, 0.3) is 11.0 Å². The fourth-order valence-electron chi connectivity index (χ4n) is 4.12. The van der Waals surface area contributed by atoms with Gasteiger partial charge in [0, 0.05) is 12.1 Å². The van der Waals surface area contributed by atoms with Gasteiger partial charge in [-0.3, -0.25) is 9.59 Å². The third kappa shape index (κ3) is 5.95. The molecule has 8 heteroatoms. The van der Waals surface area contributed by atoms with Crippen LogP contribution in [0.4, 0.5) is 0 Å². The minimum absolute atomic E-state index is 0.00226. The van der Waals surface area contributed by atoms with Gasteiger partial charge in [0.1, 0.15) is 18.1 Å². The number of fused-ring (bicyclic) bond motifs is 1. The van der Waals surface area contributed by atoms with E-state index in [0.717, 1.165) is 27.7 Å². The predicted octanol–water partition coefficient (Wildman–Crippen LogP) is 4.53. The van der Waals surface area contributed by atoms with Crippen LogP contribution < -0.4 is 5.32 Å². The van der Waals surface area contributed by atoms with Gasteiger partial charge in [0.05, 0.1) is 5.52 Å². The van der Waals surface area contributed by atoms with Gasteiger partial charge in [-0.1, -0.05) is 41.6 Å². The molecule has 0 bridgehead atoms. The Kier molecular flexibility index (Phi) is 7.31. The monoisotopic (exact) mass is 489 g/mol. The second kappa shape index (κ2) is 10.4. The van der Waals surface area contributed by atoms with Crippen LogP contribution in [0.2, 0.25) is 0 Å². The summed E-state index contributed by atoms with van der Waals surface area (Å²) in [5.41, 5.74) is 4.19. The molecule has 0 fully saturated rings. The molecule has 1 N–H and O–H groups in total. The SMILES string of the molecule is Cc1ccccc1CCN(C(=O)Cn1nnc2ccccc21)[C@@H](C(=O)NC(C)(C)C)c1ccsc1. The maximum absolute atomic E-state index is 13.8. The van der Waals surface area contributed by atoms with Gasteiger partial charge in [-0.15, -0.1) is 5.10 Å². The van der Waals surface area contributed by atoms with E-state index in [-0.39, 0.29) is 18.4 Å². The number of hydrogen-bond donors (Lipinski definition) is 1. The molecule has 0 aliphatic carbocycles. The van der Waals surface area contributed by atoms with Crippen LogP contribution in [0.5, 0.6) is 0 Å². The van der Waals surface area contributed by atoms with Crippen molar-refractivity contribution in [2.45, 2.75) is 52.2 Å². The molecule has 2 heterocycles. The van der Waals surface area contributed by atoms with Crippen LogP contribution in [0, 0.1) is 6.92 Å². The maximum Gasteiger partial charge on any atom is 0.247 e. The van der Waals surface area contributed by atoms with Crippen LogP contribution in [0.3, 0.4) is 0 Å². The Bertz CT molecular complexity index is 1310. The quantitative estimate of drug-likeness (QED) is 0.394. The number of thiophene rings is 1. The first kappa shape index (κ1) is 24.6. The van der Waals surface area contributed by atoms with Crippen molar-refractivity contribution in [2.24, 2.45) is 0 Å². The number of aryl methyl sites for hydroxylation is 1. The number of amides is 2. The number of hydrogen-bond acceptors (Lipinski definition) is 5. The molecule has 0 spiro atoms. The minimum atomic E-state index is -0.744. The van der Waals surface area contributed by atoms with Crippen molar-refractivity contribution in [3.8, 4) is 0 Å². The number of aromatic nitrogens is 3. The number of benzene rings is 2. The molecule has 0 unspecified atom stereocenters. The van der Waals surface area contributed by atoms with Crippen molar-refractivity contribution >= 4 is 34.2 Å². The molecule has 0 aliphatic heterocycles. The summed E-state index contributed by atoms with van der Waals surface area (Å²) in [6.45, 7) is 8.28. The van der Waals surface area contributed by atoms with E-state index in [1.54, 1.807) is 9.58 Å². The first-order valence-electron chi connectivity index (χ1n) is 11.7. The normalized spacial score (nSPS) is 12.5. The van der Waals surface area contributed by atoms with Crippen LogP contribution in [-0.4, -0.2) is 43.8 Å². The minimum Gasteiger partial charge on any atom is -0.349 e. The second-order valence-electron chi connectivity index (χ2n) is 9.70. The molecule has 0 aliphatic rings. The van der Waals surface area contributed by atoms with Crippen LogP contribution in [0.1, 0.15) is 43.5 Å². The number of rotatable bonds is 8. The first-order chi connectivity index (χ1) is 16.7. The zero-order chi connectivity index (χ0) is 25.0. The Hall–Kier alpha value is -3.52. The van der Waals surface area contributed by atoms with Crippen molar-refractivity contribution in [1.29, 1.82) is 0 Å². The Balaban J connectivity index is 1.68. The summed E-state index contributed by atoms with van der Waals surface area (Å²) in [4.78, 5) is 29.1. The molecular formula is C27H31N5O2S. The summed E-state index contributed by atoms with van der Waals surface area (Å²) in [5, 5.41) is 15.3. The van der Waals surface area contributed by atoms with Gasteiger partial charge in [-0.05, 0) is 79.8 Å². The zero-order valence-electron chi connectivity index (χ0n) is 20.6. The predicted molar refractivity (Wildman–Crippen MR) is 139 cm³/mol. The van der Waals surface area contributed by atoms with E-state index >= 15 is 0 Å². The molecule has 4 rings (SSSR count). The van der Waals surface area contributed by atoms with E-state index in [0.29, 0.717) is 13.0 Å². The zero-order valence-corrected chi connectivity index (χ0v) is 21.4. The smallest absolute Gasteiger partial charge is 0.247 e. The number of carbonyl (C=O) groups is 2. The highest BCUT2D eigenvalue weighted by Crippen LogP contribution is 2.26. The Morgan fingerprint density at radius 3 is 2.54 bits per heavy atom. The van der Waals surface area contributed by atoms with Crippen molar-refractivity contribution in [3.05, 3.63) is 82.0 Å². The lowest BCUT2D eigenvalue weighted by atomic mass is 10.0. The van der Waals surface area contributed by atoms with Crippen molar-refractivity contribution in [2.75, 3.05) is 6.54 Å². The molecule has 4 aromatic rings. The summed E-state index contributed by atoms with van der Waals surface area (Å²) in [6.07, 6.45) is 0.639. The van der Waals surface area contributed by atoms with Gasteiger partial charge in [0.15, 0.2) is 0 Å². The third-order valence-electron chi connectivity index (χ3n) is 5.83. The fourth-order valence-corrected chi connectivity index (χ4v) is 4.80. The Labute approximate surface area is 209 Å². The van der Waals surface area contributed by atoms with E-state index in [9.17, 15) is 9.59 Å². The number of para-hydroxylation sites is 1. The van der Waals surface area contributed by atoms with Crippen molar-refractivity contribution < 1.29 is 9.59 Å². The second-order valence-corrected chi connectivity index (χ2v) is 10.5. The van der Waals surface area contributed by atoms with Gasteiger partial charge in [0.2, 0.25) is 11.8 Å². The molecule has 2 amide bonds. The Morgan fingerprint density at radius 1 is 1.09 bits per heavy atom. The average molecular weight is 490 g/mol. The van der Waals surface area contributed by atoms with E-state index in [2.05, 4.69) is 34.7 Å². The molecule has 182 valence electrons. The fraction of sp³-hybridized carbons (Fsp3) is 0.333. The molecule has 7 nitrogen and oxygen atoms in total. The van der Waals surface area contributed by atoms with Crippen molar-refractivity contribution in [3.63, 3.8) is 0 Å². The topological polar surface area (TPSA) is 80.1 Å². The van der Waals surface area contributed by atoms with Crippen LogP contribution in [0.15, 0.2) is 65.4 Å². The highest BCUT2D eigenvalue weighted by Gasteiger charge is 2.33. The summed E-state index contributed by atoms with van der Waals surface area (Å²) < 4.78 is 1.60. The molecule has 0 saturated heterocycles. The van der Waals surface area contributed by atoms with E-state index in [4.69, 9.17) is 0 Å². The lowest BCUT2D eigenvalue weighted by Gasteiger charge is -2.33. The van der Waals surface area contributed by atoms with Gasteiger partial charge >= 0.3 is 0 Å². The average Bonchev–Trinajstić information content (AvgIpc) is 3.47. The summed E-state index contributed by atoms with van der Waals surface area (Å²) in [7, 11) is 0. The maximum atomic E-state index is 13.8. The summed E-state index contributed by atoms with van der Waals surface area (Å²) in [6, 6.07) is 16.8. The Morgan fingerprint density at radius 2 is 1.83 bits per heavy atom. The van der Waals surface area contributed by atoms with Gasteiger partial charge in [0.25, 0.3) is 0 Å². The highest BCUT2D eigenvalue weighted by atomic mass is 32.1. The number of nitrogens with zero attached hydrogens (tertiary/aromatic N) is 4. The molecule has 2 aromatic carbocycles. The molecule has 1 atom stereocenters. The number of nitrogens with one attached hydrogen (secondary N) is 1. The largest absolute Gasteiger partial charge is 0.349 e. The van der Waals surface area contributed by atoms with E-state index in [1.165, 1.54) is 11.3 Å². The summed E-state index contributed by atoms with van der Waals surface area (Å²) in [5.74, 6) is -0.382. The summed E-state index contributed by atoms with van der Waals surface area (Å²) >= 11 is 1.51. The standard InChI is InChI=1S/C27H31N5O2S/c1-19-9-5-6-10-20(19)13-15-31(24(33)17-32-23-12-8-7-11-22(23)29-30-32)25(21-14-16-35-18-21)26(34)28-27(2,3)4/h5-12,14,16,18,25H,13,15,17H2,1-4H3,(H,28,34)/t25-/m1/s1. The van der Waals surface area contributed by atoms with Gasteiger partial charge in [-0.2, -0.15) is 11.3 Å². The van der Waals surface area contributed by atoms with E-state index < -0.39 is 11.6 Å². The molecular weight excluding hydrogens is 458 g/mol. The van der Waals surface area contributed by atoms with Gasteiger partial charge in [-0.25, -0.2) is 4.68 Å². The molecule has 0 saturated carbocycles. The molecule has 0 radical (unpaired) electrons. The van der Waals surface area contributed by atoms with Crippen LogP contribution >= 0.6 is 11.3 Å². The first-order valence-corrected chi connectivity index (χ1v) is 12.6. The molecule has 2 aromatic heterocycles. The lowest BCUT2D eigenvalue weighted by Crippen LogP contribution is -2.50. The lowest BCUT2D eigenvalue weighted by molar-refractivity contribution is -0.142. The third-order valence-corrected chi connectivity index (χ3v) is 6.53. The van der Waals surface area contributed by atoms with Crippen LogP contribution in [-0.2, 0) is 22.6 Å². The number of carbonyl (C=O) groups excluding carboxylic acids is 2. The highest BCUT2D eigenvalue weighted by molar-refractivity contribution is 7.08. The van der Waals surface area contributed by atoms with Crippen molar-refractivity contribution in [1.82, 2.24) is 25.2 Å².